The Kier molecular flexibility index (Phi) is 5.01. The molecule has 1 aliphatic heterocycles. The zero-order chi connectivity index (χ0) is 13.0. The number of carbonyl (C=O) groups excluding carboxylic acids is 1. The molecule has 104 valence electrons. The second-order valence-electron chi connectivity index (χ2n) is 5.84. The highest BCUT2D eigenvalue weighted by atomic mass is 16.5. The number of hydrogen-bond donors (Lipinski definition) is 2. The van der Waals surface area contributed by atoms with Crippen LogP contribution in [0.15, 0.2) is 0 Å². The molecule has 2 rings (SSSR count). The first-order valence-corrected chi connectivity index (χ1v) is 7.31. The van der Waals surface area contributed by atoms with E-state index in [9.17, 15) is 4.79 Å². The molecule has 0 spiro atoms. The van der Waals surface area contributed by atoms with Gasteiger partial charge in [-0.2, -0.15) is 0 Å². The third kappa shape index (κ3) is 3.23. The van der Waals surface area contributed by atoms with E-state index in [0.29, 0.717) is 24.4 Å². The number of nitrogens with one attached hydrogen (secondary N) is 1. The lowest BCUT2D eigenvalue weighted by Gasteiger charge is -2.31. The van der Waals surface area contributed by atoms with Crippen LogP contribution in [0.5, 0.6) is 0 Å². The maximum Gasteiger partial charge on any atom is 0.249 e. The maximum atomic E-state index is 12.0. The number of ether oxygens (including phenoxy) is 1. The van der Waals surface area contributed by atoms with Crippen molar-refractivity contribution in [3.63, 3.8) is 0 Å². The molecule has 3 N–H and O–H groups in total. The fourth-order valence-corrected chi connectivity index (χ4v) is 3.23. The molecule has 2 fully saturated rings. The molecule has 4 unspecified atom stereocenters. The van der Waals surface area contributed by atoms with Gasteiger partial charge in [-0.1, -0.05) is 19.8 Å². The highest BCUT2D eigenvalue weighted by molar-refractivity contribution is 5.81. The summed E-state index contributed by atoms with van der Waals surface area (Å²) in [6.07, 6.45) is 5.73. The monoisotopic (exact) mass is 254 g/mol. The van der Waals surface area contributed by atoms with Gasteiger partial charge in [0.05, 0.1) is 0 Å². The van der Waals surface area contributed by atoms with Crippen LogP contribution in [0.25, 0.3) is 0 Å². The molecule has 4 nitrogen and oxygen atoms in total. The first kappa shape index (κ1) is 13.8. The second-order valence-corrected chi connectivity index (χ2v) is 5.84. The van der Waals surface area contributed by atoms with Crippen molar-refractivity contribution in [2.75, 3.05) is 19.7 Å². The predicted octanol–water partition coefficient (Wildman–Crippen LogP) is 1.29. The van der Waals surface area contributed by atoms with Crippen LogP contribution in [-0.2, 0) is 9.53 Å². The average molecular weight is 254 g/mol. The quantitative estimate of drug-likeness (QED) is 0.794. The Labute approximate surface area is 110 Å². The number of amides is 1. The van der Waals surface area contributed by atoms with E-state index in [1.165, 1.54) is 25.7 Å². The van der Waals surface area contributed by atoms with Crippen LogP contribution in [0.4, 0.5) is 0 Å². The second kappa shape index (κ2) is 6.53. The predicted molar refractivity (Wildman–Crippen MR) is 71.0 cm³/mol. The van der Waals surface area contributed by atoms with Crippen molar-refractivity contribution in [2.45, 2.75) is 45.1 Å². The molecule has 0 aromatic carbocycles. The summed E-state index contributed by atoms with van der Waals surface area (Å²) >= 11 is 0. The third-order valence-electron chi connectivity index (χ3n) is 4.55. The Balaban J connectivity index is 1.77. The fourth-order valence-electron chi connectivity index (χ4n) is 3.23. The molecule has 0 aromatic heterocycles. The van der Waals surface area contributed by atoms with Gasteiger partial charge in [0, 0.05) is 13.2 Å². The lowest BCUT2D eigenvalue weighted by atomic mass is 9.79. The lowest BCUT2D eigenvalue weighted by Crippen LogP contribution is -2.42. The Hall–Kier alpha value is -0.610. The number of nitrogens with two attached hydrogens (primary N) is 1. The van der Waals surface area contributed by atoms with Crippen LogP contribution in [0.1, 0.15) is 39.0 Å². The zero-order valence-corrected chi connectivity index (χ0v) is 11.4. The fraction of sp³-hybridized carbons (Fsp3) is 0.929. The van der Waals surface area contributed by atoms with Crippen LogP contribution in [0, 0.1) is 17.8 Å². The van der Waals surface area contributed by atoms with Gasteiger partial charge in [0.15, 0.2) is 0 Å². The molecule has 4 heteroatoms. The Morgan fingerprint density at radius 3 is 2.61 bits per heavy atom. The third-order valence-corrected chi connectivity index (χ3v) is 4.55. The summed E-state index contributed by atoms with van der Waals surface area (Å²) in [6, 6.07) is 0. The van der Waals surface area contributed by atoms with Crippen LogP contribution in [0.2, 0.25) is 0 Å². The number of hydrogen-bond acceptors (Lipinski definition) is 3. The normalized spacial score (nSPS) is 36.6. The first-order chi connectivity index (χ1) is 8.72. The topological polar surface area (TPSA) is 64.3 Å². The summed E-state index contributed by atoms with van der Waals surface area (Å²) in [5, 5.41) is 3.07. The van der Waals surface area contributed by atoms with Gasteiger partial charge in [-0.25, -0.2) is 0 Å². The summed E-state index contributed by atoms with van der Waals surface area (Å²) in [6.45, 7) is 4.32. The van der Waals surface area contributed by atoms with Gasteiger partial charge in [-0.15, -0.1) is 0 Å². The van der Waals surface area contributed by atoms with Crippen molar-refractivity contribution in [1.29, 1.82) is 0 Å². The molecule has 0 bridgehead atoms. The van der Waals surface area contributed by atoms with E-state index < -0.39 is 0 Å². The zero-order valence-electron chi connectivity index (χ0n) is 11.4. The SMILES string of the molecule is CC1CCOC1C(=O)NCC1CCCCC1CN. The van der Waals surface area contributed by atoms with Crippen LogP contribution in [0.3, 0.4) is 0 Å². The Morgan fingerprint density at radius 1 is 1.28 bits per heavy atom. The van der Waals surface area contributed by atoms with Crippen molar-refractivity contribution < 1.29 is 9.53 Å². The van der Waals surface area contributed by atoms with Crippen molar-refractivity contribution >= 4 is 5.91 Å². The summed E-state index contributed by atoms with van der Waals surface area (Å²) in [5.74, 6) is 1.56. The van der Waals surface area contributed by atoms with Crippen molar-refractivity contribution in [3.8, 4) is 0 Å². The largest absolute Gasteiger partial charge is 0.368 e. The molecule has 4 atom stereocenters. The number of rotatable bonds is 4. The van der Waals surface area contributed by atoms with E-state index >= 15 is 0 Å². The van der Waals surface area contributed by atoms with Gasteiger partial charge in [0.1, 0.15) is 6.10 Å². The molecule has 18 heavy (non-hydrogen) atoms. The standard InChI is InChI=1S/C14H26N2O2/c1-10-6-7-18-13(10)14(17)16-9-12-5-3-2-4-11(12)8-15/h10-13H,2-9,15H2,1H3,(H,16,17). The molecule has 1 aliphatic carbocycles. The van der Waals surface area contributed by atoms with Gasteiger partial charge in [0.2, 0.25) is 5.91 Å². The van der Waals surface area contributed by atoms with E-state index in [4.69, 9.17) is 10.5 Å². The van der Waals surface area contributed by atoms with Gasteiger partial charge in [-0.3, -0.25) is 4.79 Å². The van der Waals surface area contributed by atoms with Crippen molar-refractivity contribution in [1.82, 2.24) is 5.32 Å². The van der Waals surface area contributed by atoms with Crippen molar-refractivity contribution in [2.24, 2.45) is 23.5 Å². The summed E-state index contributed by atoms with van der Waals surface area (Å²) in [7, 11) is 0. The summed E-state index contributed by atoms with van der Waals surface area (Å²) < 4.78 is 5.48. The molecule has 0 aromatic rings. The van der Waals surface area contributed by atoms with E-state index in [2.05, 4.69) is 12.2 Å². The minimum absolute atomic E-state index is 0.0707. The molecule has 1 saturated carbocycles. The number of carbonyl (C=O) groups is 1. The van der Waals surface area contributed by atoms with Gasteiger partial charge in [0.25, 0.3) is 0 Å². The van der Waals surface area contributed by atoms with Gasteiger partial charge >= 0.3 is 0 Å². The van der Waals surface area contributed by atoms with Crippen LogP contribution < -0.4 is 11.1 Å². The van der Waals surface area contributed by atoms with Gasteiger partial charge < -0.3 is 15.8 Å². The molecular weight excluding hydrogens is 228 g/mol. The van der Waals surface area contributed by atoms with E-state index in [0.717, 1.165) is 19.5 Å². The Morgan fingerprint density at radius 2 is 2.00 bits per heavy atom. The molecule has 1 amide bonds. The molecule has 2 aliphatic rings. The minimum Gasteiger partial charge on any atom is -0.368 e. The molecule has 1 heterocycles. The van der Waals surface area contributed by atoms with Crippen LogP contribution in [-0.4, -0.2) is 31.7 Å². The van der Waals surface area contributed by atoms with Crippen LogP contribution >= 0.6 is 0 Å². The smallest absolute Gasteiger partial charge is 0.249 e. The minimum atomic E-state index is -0.232. The molecule has 1 saturated heterocycles. The van der Waals surface area contributed by atoms with Gasteiger partial charge in [-0.05, 0) is 43.6 Å². The van der Waals surface area contributed by atoms with Crippen molar-refractivity contribution in [3.05, 3.63) is 0 Å². The average Bonchev–Trinajstić information content (AvgIpc) is 2.82. The van der Waals surface area contributed by atoms with E-state index in [1.807, 2.05) is 0 Å². The first-order valence-electron chi connectivity index (χ1n) is 7.31. The maximum absolute atomic E-state index is 12.0. The lowest BCUT2D eigenvalue weighted by molar-refractivity contribution is -0.131. The Bertz CT molecular complexity index is 283. The highest BCUT2D eigenvalue weighted by Gasteiger charge is 2.32. The summed E-state index contributed by atoms with van der Waals surface area (Å²) in [4.78, 5) is 12.0. The van der Waals surface area contributed by atoms with E-state index in [1.54, 1.807) is 0 Å². The van der Waals surface area contributed by atoms with E-state index in [-0.39, 0.29) is 12.0 Å². The molecular formula is C14H26N2O2. The highest BCUT2D eigenvalue weighted by Crippen LogP contribution is 2.29. The molecule has 0 radical (unpaired) electrons. The summed E-state index contributed by atoms with van der Waals surface area (Å²) in [5.41, 5.74) is 5.81.